The van der Waals surface area contributed by atoms with Crippen molar-refractivity contribution >= 4 is 45.1 Å². The zero-order chi connectivity index (χ0) is 18.8. The number of anilines is 1. The average Bonchev–Trinajstić information content (AvgIpc) is 2.69. The summed E-state index contributed by atoms with van der Waals surface area (Å²) in [6.45, 7) is 2.05. The van der Waals surface area contributed by atoms with Gasteiger partial charge in [0, 0.05) is 20.2 Å². The highest BCUT2D eigenvalue weighted by Crippen LogP contribution is 2.26. The molecule has 4 heteroatoms. The summed E-state index contributed by atoms with van der Waals surface area (Å²) in [5, 5.41) is 3.84. The maximum absolute atomic E-state index is 13.0. The van der Waals surface area contributed by atoms with Gasteiger partial charge in [-0.05, 0) is 65.9 Å². The van der Waals surface area contributed by atoms with Crippen LogP contribution in [-0.4, -0.2) is 10.9 Å². The highest BCUT2D eigenvalue weighted by atomic mass is 127. The fourth-order valence-electron chi connectivity index (χ4n) is 2.97. The second kappa shape index (κ2) is 7.48. The number of hydrogen-bond acceptors (Lipinski definition) is 2. The highest BCUT2D eigenvalue weighted by Gasteiger charge is 2.14. The predicted octanol–water partition coefficient (Wildman–Crippen LogP) is 6.07. The molecule has 1 amide bonds. The summed E-state index contributed by atoms with van der Waals surface area (Å²) in [6.07, 6.45) is 0. The number of carbonyl (C=O) groups is 1. The fourth-order valence-corrected chi connectivity index (χ4v) is 3.33. The monoisotopic (exact) mass is 464 g/mol. The number of carbonyl (C=O) groups excluding carboxylic acids is 1. The van der Waals surface area contributed by atoms with Crippen molar-refractivity contribution in [2.45, 2.75) is 6.92 Å². The van der Waals surface area contributed by atoms with Crippen molar-refractivity contribution in [3.05, 3.63) is 93.6 Å². The summed E-state index contributed by atoms with van der Waals surface area (Å²) >= 11 is 2.25. The number of benzene rings is 3. The summed E-state index contributed by atoms with van der Waals surface area (Å²) in [6, 6.07) is 25.5. The number of nitrogens with zero attached hydrogens (tertiary/aromatic N) is 1. The third kappa shape index (κ3) is 3.85. The second-order valence-corrected chi connectivity index (χ2v) is 7.64. The van der Waals surface area contributed by atoms with Crippen molar-refractivity contribution < 1.29 is 4.79 Å². The molecule has 1 aromatic heterocycles. The maximum atomic E-state index is 13.0. The number of halogens is 1. The first-order chi connectivity index (χ1) is 13.1. The van der Waals surface area contributed by atoms with Gasteiger partial charge in [0.1, 0.15) is 0 Å². The Bertz CT molecular complexity index is 1120. The first-order valence-electron chi connectivity index (χ1n) is 8.64. The molecule has 27 heavy (non-hydrogen) atoms. The Hall–Kier alpha value is -2.73. The minimum absolute atomic E-state index is 0.136. The molecule has 3 aromatic carbocycles. The maximum Gasteiger partial charge on any atom is 0.256 e. The highest BCUT2D eigenvalue weighted by molar-refractivity contribution is 14.1. The van der Waals surface area contributed by atoms with E-state index in [1.54, 1.807) is 0 Å². The van der Waals surface area contributed by atoms with Crippen LogP contribution in [0.25, 0.3) is 22.2 Å². The fraction of sp³-hybridized carbons (Fsp3) is 0.0435. The molecule has 0 fully saturated rings. The zero-order valence-electron chi connectivity index (χ0n) is 14.7. The molecule has 0 atom stereocenters. The van der Waals surface area contributed by atoms with Crippen LogP contribution in [0.1, 0.15) is 15.9 Å². The van der Waals surface area contributed by atoms with E-state index in [-0.39, 0.29) is 5.91 Å². The molecule has 0 radical (unpaired) electrons. The normalized spacial score (nSPS) is 10.7. The molecule has 0 unspecified atom stereocenters. The number of amides is 1. The smallest absolute Gasteiger partial charge is 0.256 e. The molecule has 0 aliphatic carbocycles. The molecule has 0 saturated carbocycles. The molecule has 4 aromatic rings. The Kier molecular flexibility index (Phi) is 4.90. The lowest BCUT2D eigenvalue weighted by atomic mass is 10.0. The average molecular weight is 464 g/mol. The molecular formula is C23H17IN2O. The van der Waals surface area contributed by atoms with Gasteiger partial charge < -0.3 is 5.32 Å². The van der Waals surface area contributed by atoms with Crippen LogP contribution < -0.4 is 5.32 Å². The van der Waals surface area contributed by atoms with Crippen LogP contribution in [0.3, 0.4) is 0 Å². The Morgan fingerprint density at radius 2 is 1.63 bits per heavy atom. The number of para-hydroxylation sites is 1. The van der Waals surface area contributed by atoms with Crippen LogP contribution >= 0.6 is 22.6 Å². The molecule has 0 saturated heterocycles. The van der Waals surface area contributed by atoms with Crippen LogP contribution in [0.5, 0.6) is 0 Å². The standard InChI is InChI=1S/C23H17IN2O/c1-15-6-8-16(9-7-15)22-14-20(19-4-2-3-5-21(19)26-22)23(27)25-18-12-10-17(24)11-13-18/h2-14H,1H3,(H,25,27). The third-order valence-electron chi connectivity index (χ3n) is 4.41. The quantitative estimate of drug-likeness (QED) is 0.374. The van der Waals surface area contributed by atoms with Gasteiger partial charge in [0.05, 0.1) is 16.8 Å². The lowest BCUT2D eigenvalue weighted by Gasteiger charge is -2.11. The Balaban J connectivity index is 1.79. The van der Waals surface area contributed by atoms with Crippen molar-refractivity contribution in [1.29, 1.82) is 0 Å². The van der Waals surface area contributed by atoms with E-state index in [0.717, 1.165) is 31.4 Å². The number of aryl methyl sites for hydroxylation is 1. The lowest BCUT2D eigenvalue weighted by molar-refractivity contribution is 0.102. The first-order valence-corrected chi connectivity index (χ1v) is 9.72. The Morgan fingerprint density at radius 1 is 0.926 bits per heavy atom. The number of fused-ring (bicyclic) bond motifs is 1. The van der Waals surface area contributed by atoms with Crippen LogP contribution in [0.15, 0.2) is 78.9 Å². The van der Waals surface area contributed by atoms with Gasteiger partial charge in [-0.3, -0.25) is 4.79 Å². The topological polar surface area (TPSA) is 42.0 Å². The largest absolute Gasteiger partial charge is 0.322 e. The molecule has 4 rings (SSSR count). The van der Waals surface area contributed by atoms with Crippen molar-refractivity contribution in [3.63, 3.8) is 0 Å². The van der Waals surface area contributed by atoms with E-state index < -0.39 is 0 Å². The molecule has 1 N–H and O–H groups in total. The number of hydrogen-bond donors (Lipinski definition) is 1. The van der Waals surface area contributed by atoms with E-state index in [2.05, 4.69) is 47.0 Å². The summed E-state index contributed by atoms with van der Waals surface area (Å²) in [5.74, 6) is -0.136. The first kappa shape index (κ1) is 17.7. The number of aromatic nitrogens is 1. The summed E-state index contributed by atoms with van der Waals surface area (Å²) in [5.41, 5.74) is 5.18. The Labute approximate surface area is 171 Å². The molecule has 1 heterocycles. The van der Waals surface area contributed by atoms with Gasteiger partial charge in [-0.2, -0.15) is 0 Å². The molecule has 132 valence electrons. The van der Waals surface area contributed by atoms with Gasteiger partial charge in [-0.25, -0.2) is 4.98 Å². The van der Waals surface area contributed by atoms with E-state index in [0.29, 0.717) is 5.56 Å². The zero-order valence-corrected chi connectivity index (χ0v) is 16.9. The minimum atomic E-state index is -0.136. The van der Waals surface area contributed by atoms with Gasteiger partial charge in [-0.1, -0.05) is 48.0 Å². The van der Waals surface area contributed by atoms with Crippen LogP contribution in [0, 0.1) is 10.5 Å². The predicted molar refractivity (Wildman–Crippen MR) is 119 cm³/mol. The van der Waals surface area contributed by atoms with Gasteiger partial charge in [0.15, 0.2) is 0 Å². The molecule has 0 bridgehead atoms. The summed E-state index contributed by atoms with van der Waals surface area (Å²) in [7, 11) is 0. The summed E-state index contributed by atoms with van der Waals surface area (Å²) < 4.78 is 1.13. The van der Waals surface area contributed by atoms with E-state index in [4.69, 9.17) is 4.98 Å². The Morgan fingerprint density at radius 3 is 2.37 bits per heavy atom. The number of pyridine rings is 1. The van der Waals surface area contributed by atoms with Crippen LogP contribution in [0.2, 0.25) is 0 Å². The van der Waals surface area contributed by atoms with E-state index in [1.807, 2.05) is 66.7 Å². The molecule has 0 aliphatic heterocycles. The summed E-state index contributed by atoms with van der Waals surface area (Å²) in [4.78, 5) is 17.8. The SMILES string of the molecule is Cc1ccc(-c2cc(C(=O)Nc3ccc(I)cc3)c3ccccc3n2)cc1. The van der Waals surface area contributed by atoms with Gasteiger partial charge in [0.2, 0.25) is 0 Å². The van der Waals surface area contributed by atoms with E-state index in [1.165, 1.54) is 5.56 Å². The molecule has 0 aliphatic rings. The number of rotatable bonds is 3. The van der Waals surface area contributed by atoms with E-state index in [9.17, 15) is 4.79 Å². The molecule has 3 nitrogen and oxygen atoms in total. The van der Waals surface area contributed by atoms with Crippen molar-refractivity contribution in [2.75, 3.05) is 5.32 Å². The van der Waals surface area contributed by atoms with Gasteiger partial charge in [0.25, 0.3) is 5.91 Å². The van der Waals surface area contributed by atoms with E-state index >= 15 is 0 Å². The van der Waals surface area contributed by atoms with Crippen molar-refractivity contribution in [2.24, 2.45) is 0 Å². The lowest BCUT2D eigenvalue weighted by Crippen LogP contribution is -2.13. The van der Waals surface area contributed by atoms with Gasteiger partial charge in [-0.15, -0.1) is 0 Å². The molecule has 0 spiro atoms. The van der Waals surface area contributed by atoms with Crippen LogP contribution in [0.4, 0.5) is 5.69 Å². The molecular weight excluding hydrogens is 447 g/mol. The van der Waals surface area contributed by atoms with Crippen molar-refractivity contribution in [1.82, 2.24) is 4.98 Å². The van der Waals surface area contributed by atoms with Crippen molar-refractivity contribution in [3.8, 4) is 11.3 Å². The third-order valence-corrected chi connectivity index (χ3v) is 5.13. The van der Waals surface area contributed by atoms with Gasteiger partial charge >= 0.3 is 0 Å². The second-order valence-electron chi connectivity index (χ2n) is 6.40. The number of nitrogens with one attached hydrogen (secondary N) is 1. The van der Waals surface area contributed by atoms with Crippen LogP contribution in [-0.2, 0) is 0 Å². The minimum Gasteiger partial charge on any atom is -0.322 e.